The summed E-state index contributed by atoms with van der Waals surface area (Å²) < 4.78 is 15.6. The Labute approximate surface area is 124 Å². The van der Waals surface area contributed by atoms with Crippen LogP contribution >= 0.6 is 0 Å². The highest BCUT2D eigenvalue weighted by Gasteiger charge is 2.12. The van der Waals surface area contributed by atoms with Crippen molar-refractivity contribution in [3.05, 3.63) is 41.7 Å². The molecule has 0 saturated carbocycles. The van der Waals surface area contributed by atoms with Crippen LogP contribution in [0.1, 0.15) is 11.1 Å². The van der Waals surface area contributed by atoms with Gasteiger partial charge in [-0.25, -0.2) is 9.97 Å². The Hall–Kier alpha value is -2.34. The fraction of sp³-hybridized carbons (Fsp3) is 0.333. The third-order valence-corrected chi connectivity index (χ3v) is 3.04. The molecule has 0 bridgehead atoms. The second kappa shape index (κ2) is 7.44. The lowest BCUT2D eigenvalue weighted by atomic mass is 10.2. The minimum absolute atomic E-state index is 0.518. The van der Waals surface area contributed by atoms with E-state index in [4.69, 9.17) is 14.2 Å². The Morgan fingerprint density at radius 3 is 2.00 bits per heavy atom. The van der Waals surface area contributed by atoms with Gasteiger partial charge < -0.3 is 19.5 Å². The maximum absolute atomic E-state index is 5.23. The van der Waals surface area contributed by atoms with Crippen molar-refractivity contribution in [2.45, 2.75) is 13.1 Å². The maximum atomic E-state index is 5.23. The number of methoxy groups -OCH3 is 3. The molecule has 6 heteroatoms. The molecule has 21 heavy (non-hydrogen) atoms. The van der Waals surface area contributed by atoms with E-state index in [1.165, 1.54) is 6.33 Å². The number of hydrogen-bond donors (Lipinski definition) is 1. The Morgan fingerprint density at radius 1 is 0.857 bits per heavy atom. The van der Waals surface area contributed by atoms with E-state index in [0.29, 0.717) is 24.8 Å². The van der Waals surface area contributed by atoms with Gasteiger partial charge in [-0.1, -0.05) is 12.1 Å². The van der Waals surface area contributed by atoms with Crippen LogP contribution in [0, 0.1) is 0 Å². The van der Waals surface area contributed by atoms with Crippen molar-refractivity contribution >= 4 is 0 Å². The van der Waals surface area contributed by atoms with Crippen LogP contribution in [0.3, 0.4) is 0 Å². The van der Waals surface area contributed by atoms with E-state index in [-0.39, 0.29) is 0 Å². The summed E-state index contributed by atoms with van der Waals surface area (Å²) in [7, 11) is 4.81. The number of nitrogens with one attached hydrogen (secondary N) is 1. The number of benzene rings is 1. The standard InChI is InChI=1S/C15H19N3O3/c1-19-12-6-4-11(5-7-12)8-16-9-13-14(20-2)17-10-18-15(13)21-3/h4-7,10,16H,8-9H2,1-3H3. The molecule has 112 valence electrons. The lowest BCUT2D eigenvalue weighted by Crippen LogP contribution is -2.15. The second-order valence-electron chi connectivity index (χ2n) is 4.32. The summed E-state index contributed by atoms with van der Waals surface area (Å²) in [5.74, 6) is 1.88. The molecule has 6 nitrogen and oxygen atoms in total. The highest BCUT2D eigenvalue weighted by atomic mass is 16.5. The van der Waals surface area contributed by atoms with Gasteiger partial charge in [0.25, 0.3) is 0 Å². The van der Waals surface area contributed by atoms with E-state index in [1.807, 2.05) is 24.3 Å². The van der Waals surface area contributed by atoms with Gasteiger partial charge >= 0.3 is 0 Å². The van der Waals surface area contributed by atoms with E-state index in [2.05, 4.69) is 15.3 Å². The molecule has 0 unspecified atom stereocenters. The predicted octanol–water partition coefficient (Wildman–Crippen LogP) is 1.79. The van der Waals surface area contributed by atoms with Crippen molar-refractivity contribution in [2.24, 2.45) is 0 Å². The third kappa shape index (κ3) is 3.82. The lowest BCUT2D eigenvalue weighted by molar-refractivity contribution is 0.359. The van der Waals surface area contributed by atoms with Crippen LogP contribution in [0.2, 0.25) is 0 Å². The summed E-state index contributed by atoms with van der Waals surface area (Å²) in [5, 5.41) is 3.32. The van der Waals surface area contributed by atoms with Crippen molar-refractivity contribution in [2.75, 3.05) is 21.3 Å². The molecule has 0 spiro atoms. The van der Waals surface area contributed by atoms with Crippen LogP contribution in [0.4, 0.5) is 0 Å². The van der Waals surface area contributed by atoms with E-state index < -0.39 is 0 Å². The smallest absolute Gasteiger partial charge is 0.224 e. The molecular formula is C15H19N3O3. The van der Waals surface area contributed by atoms with Gasteiger partial charge in [0.15, 0.2) is 0 Å². The minimum Gasteiger partial charge on any atom is -0.497 e. The molecule has 0 saturated heterocycles. The molecule has 0 radical (unpaired) electrons. The van der Waals surface area contributed by atoms with Crippen molar-refractivity contribution in [3.8, 4) is 17.5 Å². The first-order valence-electron chi connectivity index (χ1n) is 6.54. The topological polar surface area (TPSA) is 65.5 Å². The van der Waals surface area contributed by atoms with Crippen LogP contribution in [0.15, 0.2) is 30.6 Å². The Bertz CT molecular complexity index is 551. The summed E-state index contributed by atoms with van der Waals surface area (Å²) in [6.45, 7) is 1.27. The molecule has 0 amide bonds. The first-order chi connectivity index (χ1) is 10.3. The average molecular weight is 289 g/mol. The monoisotopic (exact) mass is 289 g/mol. The molecule has 1 heterocycles. The molecule has 0 aliphatic heterocycles. The quantitative estimate of drug-likeness (QED) is 0.838. The zero-order valence-electron chi connectivity index (χ0n) is 12.4. The van der Waals surface area contributed by atoms with Crippen LogP contribution < -0.4 is 19.5 Å². The highest BCUT2D eigenvalue weighted by molar-refractivity contribution is 5.34. The van der Waals surface area contributed by atoms with Crippen molar-refractivity contribution < 1.29 is 14.2 Å². The number of ether oxygens (including phenoxy) is 3. The second-order valence-corrected chi connectivity index (χ2v) is 4.32. The molecule has 0 aliphatic rings. The molecule has 0 fully saturated rings. The number of nitrogens with zero attached hydrogens (tertiary/aromatic N) is 2. The summed E-state index contributed by atoms with van der Waals surface area (Å²) in [4.78, 5) is 8.17. The molecule has 1 aromatic heterocycles. The highest BCUT2D eigenvalue weighted by Crippen LogP contribution is 2.23. The van der Waals surface area contributed by atoms with Gasteiger partial charge in [0.05, 0.1) is 26.9 Å². The van der Waals surface area contributed by atoms with Gasteiger partial charge in [-0.3, -0.25) is 0 Å². The summed E-state index contributed by atoms with van der Waals surface area (Å²) in [5.41, 5.74) is 1.96. The van der Waals surface area contributed by atoms with Crippen LogP contribution in [0.5, 0.6) is 17.5 Å². The zero-order valence-corrected chi connectivity index (χ0v) is 12.4. The zero-order chi connectivity index (χ0) is 15.1. The average Bonchev–Trinajstić information content (AvgIpc) is 2.55. The number of hydrogen-bond acceptors (Lipinski definition) is 6. The molecule has 2 aromatic rings. The Kier molecular flexibility index (Phi) is 5.34. The predicted molar refractivity (Wildman–Crippen MR) is 78.7 cm³/mol. The molecule has 1 aromatic carbocycles. The number of rotatable bonds is 7. The maximum Gasteiger partial charge on any atom is 0.224 e. The fourth-order valence-corrected chi connectivity index (χ4v) is 1.96. The first kappa shape index (κ1) is 15.1. The third-order valence-electron chi connectivity index (χ3n) is 3.04. The van der Waals surface area contributed by atoms with Crippen LogP contribution in [0.25, 0.3) is 0 Å². The molecule has 1 N–H and O–H groups in total. The van der Waals surface area contributed by atoms with Gasteiger partial charge in [0.2, 0.25) is 11.8 Å². The normalized spacial score (nSPS) is 10.2. The molecule has 0 atom stereocenters. The van der Waals surface area contributed by atoms with E-state index >= 15 is 0 Å². The van der Waals surface area contributed by atoms with E-state index in [9.17, 15) is 0 Å². The largest absolute Gasteiger partial charge is 0.497 e. The summed E-state index contributed by atoms with van der Waals surface area (Å²) in [6, 6.07) is 7.90. The van der Waals surface area contributed by atoms with Gasteiger partial charge in [-0.05, 0) is 17.7 Å². The summed E-state index contributed by atoms with van der Waals surface area (Å²) >= 11 is 0. The summed E-state index contributed by atoms with van der Waals surface area (Å²) in [6.07, 6.45) is 1.42. The van der Waals surface area contributed by atoms with Crippen LogP contribution in [-0.2, 0) is 13.1 Å². The fourth-order valence-electron chi connectivity index (χ4n) is 1.96. The van der Waals surface area contributed by atoms with E-state index in [1.54, 1.807) is 21.3 Å². The Balaban J connectivity index is 1.99. The molecule has 0 aliphatic carbocycles. The van der Waals surface area contributed by atoms with Gasteiger partial charge in [0.1, 0.15) is 12.1 Å². The van der Waals surface area contributed by atoms with Gasteiger partial charge in [-0.15, -0.1) is 0 Å². The Morgan fingerprint density at radius 2 is 1.48 bits per heavy atom. The van der Waals surface area contributed by atoms with Gasteiger partial charge in [-0.2, -0.15) is 0 Å². The minimum atomic E-state index is 0.518. The van der Waals surface area contributed by atoms with Gasteiger partial charge in [0, 0.05) is 13.1 Å². The molecular weight excluding hydrogens is 270 g/mol. The van der Waals surface area contributed by atoms with Crippen molar-refractivity contribution in [1.82, 2.24) is 15.3 Å². The molecule has 2 rings (SSSR count). The van der Waals surface area contributed by atoms with E-state index in [0.717, 1.165) is 16.9 Å². The lowest BCUT2D eigenvalue weighted by Gasteiger charge is -2.11. The number of aromatic nitrogens is 2. The van der Waals surface area contributed by atoms with Crippen molar-refractivity contribution in [1.29, 1.82) is 0 Å². The first-order valence-corrected chi connectivity index (χ1v) is 6.54. The van der Waals surface area contributed by atoms with Crippen LogP contribution in [-0.4, -0.2) is 31.3 Å². The van der Waals surface area contributed by atoms with Crippen molar-refractivity contribution in [3.63, 3.8) is 0 Å². The SMILES string of the molecule is COc1ccc(CNCc2c(OC)ncnc2OC)cc1.